The van der Waals surface area contributed by atoms with Crippen molar-refractivity contribution in [3.63, 3.8) is 0 Å². The molecule has 8 nitrogen and oxygen atoms in total. The van der Waals surface area contributed by atoms with Gasteiger partial charge in [0.15, 0.2) is 0 Å². The fraction of sp³-hybridized carbons (Fsp3) is 0.321. The van der Waals surface area contributed by atoms with Gasteiger partial charge in [0.05, 0.1) is 25.6 Å². The van der Waals surface area contributed by atoms with Crippen molar-refractivity contribution in [3.05, 3.63) is 90.1 Å². The van der Waals surface area contributed by atoms with Crippen LogP contribution < -0.4 is 14.5 Å². The zero-order valence-electron chi connectivity index (χ0n) is 21.0. The van der Waals surface area contributed by atoms with E-state index in [-0.39, 0.29) is 5.91 Å². The molecule has 2 aromatic carbocycles. The van der Waals surface area contributed by atoms with Gasteiger partial charge in [-0.1, -0.05) is 42.5 Å². The van der Waals surface area contributed by atoms with Crippen LogP contribution in [-0.2, 0) is 17.8 Å². The molecule has 192 valence electrons. The van der Waals surface area contributed by atoms with Crippen molar-refractivity contribution in [2.24, 2.45) is 0 Å². The van der Waals surface area contributed by atoms with E-state index in [9.17, 15) is 4.79 Å². The molecule has 0 saturated carbocycles. The first-order valence-corrected chi connectivity index (χ1v) is 13.3. The van der Waals surface area contributed by atoms with Crippen LogP contribution >= 0.6 is 11.5 Å². The molecular formula is C28H31N5O3S. The lowest BCUT2D eigenvalue weighted by Crippen LogP contribution is -2.49. The van der Waals surface area contributed by atoms with Gasteiger partial charge in [0.1, 0.15) is 17.3 Å². The average Bonchev–Trinajstić information content (AvgIpc) is 3.64. The van der Waals surface area contributed by atoms with Crippen molar-refractivity contribution < 1.29 is 13.9 Å². The van der Waals surface area contributed by atoms with Crippen molar-refractivity contribution in [1.29, 1.82) is 0 Å². The van der Waals surface area contributed by atoms with Gasteiger partial charge in [-0.2, -0.15) is 4.37 Å². The van der Waals surface area contributed by atoms with Crippen LogP contribution in [0.25, 0.3) is 0 Å². The molecule has 5 rings (SSSR count). The van der Waals surface area contributed by atoms with Crippen LogP contribution in [0.15, 0.2) is 77.4 Å². The number of hydrogen-bond donors (Lipinski definition) is 0. The Morgan fingerprint density at radius 1 is 1.03 bits per heavy atom. The highest BCUT2D eigenvalue weighted by molar-refractivity contribution is 7.09. The van der Waals surface area contributed by atoms with E-state index in [0.717, 1.165) is 41.2 Å². The number of amides is 1. The Hall–Kier alpha value is -3.85. The van der Waals surface area contributed by atoms with Crippen LogP contribution in [0.2, 0.25) is 0 Å². The first kappa shape index (κ1) is 24.8. The fourth-order valence-corrected chi connectivity index (χ4v) is 5.24. The second-order valence-corrected chi connectivity index (χ2v) is 9.68. The number of nitrogens with zero attached hydrogens (tertiary/aromatic N) is 5. The van der Waals surface area contributed by atoms with Gasteiger partial charge < -0.3 is 23.9 Å². The molecule has 0 N–H and O–H groups in total. The number of piperazine rings is 1. The van der Waals surface area contributed by atoms with Crippen LogP contribution in [0.5, 0.6) is 5.75 Å². The largest absolute Gasteiger partial charge is 0.495 e. The lowest BCUT2D eigenvalue weighted by atomic mass is 10.1. The van der Waals surface area contributed by atoms with Gasteiger partial charge in [-0.25, -0.2) is 4.98 Å². The molecule has 4 aromatic rings. The molecule has 0 radical (unpaired) electrons. The molecule has 0 bridgehead atoms. The smallest absolute Gasteiger partial charge is 0.224 e. The fourth-order valence-electron chi connectivity index (χ4n) is 4.53. The highest BCUT2D eigenvalue weighted by atomic mass is 32.1. The molecular weight excluding hydrogens is 486 g/mol. The molecule has 1 amide bonds. The molecule has 0 spiro atoms. The SMILES string of the molecule is COc1ccccc1N1CCN(C(=O)CCN(Cc2ccco2)c2nc(Cc3ccccc3)ns2)CC1. The summed E-state index contributed by atoms with van der Waals surface area (Å²) in [5.74, 6) is 2.63. The Bertz CT molecular complexity index is 1270. The maximum atomic E-state index is 13.1. The van der Waals surface area contributed by atoms with Crippen LogP contribution in [0.4, 0.5) is 10.8 Å². The minimum atomic E-state index is 0.151. The quantitative estimate of drug-likeness (QED) is 0.307. The number of carbonyl (C=O) groups is 1. The minimum absolute atomic E-state index is 0.151. The Morgan fingerprint density at radius 3 is 2.57 bits per heavy atom. The molecule has 1 aliphatic rings. The van der Waals surface area contributed by atoms with Gasteiger partial charge in [-0.15, -0.1) is 0 Å². The zero-order valence-corrected chi connectivity index (χ0v) is 21.8. The summed E-state index contributed by atoms with van der Waals surface area (Å²) < 4.78 is 15.7. The molecule has 37 heavy (non-hydrogen) atoms. The van der Waals surface area contributed by atoms with Gasteiger partial charge in [-0.3, -0.25) is 4.79 Å². The number of aromatic nitrogens is 2. The third-order valence-corrected chi connectivity index (χ3v) is 7.33. The molecule has 2 aromatic heterocycles. The van der Waals surface area contributed by atoms with E-state index in [0.29, 0.717) is 39.0 Å². The van der Waals surface area contributed by atoms with E-state index in [2.05, 4.69) is 32.4 Å². The van der Waals surface area contributed by atoms with E-state index in [1.165, 1.54) is 17.1 Å². The van der Waals surface area contributed by atoms with E-state index >= 15 is 0 Å². The normalized spacial score (nSPS) is 13.5. The number of rotatable bonds is 10. The molecule has 1 saturated heterocycles. The summed E-state index contributed by atoms with van der Waals surface area (Å²) in [4.78, 5) is 24.3. The van der Waals surface area contributed by atoms with E-state index in [4.69, 9.17) is 14.1 Å². The maximum absolute atomic E-state index is 13.1. The number of hydrogen-bond acceptors (Lipinski definition) is 8. The predicted molar refractivity (Wildman–Crippen MR) is 145 cm³/mol. The van der Waals surface area contributed by atoms with Crippen LogP contribution in [0, 0.1) is 0 Å². The molecule has 1 aliphatic heterocycles. The monoisotopic (exact) mass is 517 g/mol. The van der Waals surface area contributed by atoms with Gasteiger partial charge >= 0.3 is 0 Å². The van der Waals surface area contributed by atoms with Crippen molar-refractivity contribution in [3.8, 4) is 5.75 Å². The first-order chi connectivity index (χ1) is 18.2. The van der Waals surface area contributed by atoms with Crippen molar-refractivity contribution in [1.82, 2.24) is 14.3 Å². The highest BCUT2D eigenvalue weighted by Crippen LogP contribution is 2.28. The van der Waals surface area contributed by atoms with Gasteiger partial charge in [0, 0.05) is 57.1 Å². The Balaban J connectivity index is 1.20. The second-order valence-electron chi connectivity index (χ2n) is 8.95. The van der Waals surface area contributed by atoms with E-state index in [1.807, 2.05) is 53.4 Å². The maximum Gasteiger partial charge on any atom is 0.224 e. The summed E-state index contributed by atoms with van der Waals surface area (Å²) in [6.07, 6.45) is 2.76. The predicted octanol–water partition coefficient (Wildman–Crippen LogP) is 4.48. The molecule has 1 fully saturated rings. The Morgan fingerprint density at radius 2 is 1.81 bits per heavy atom. The Labute approximate surface area is 221 Å². The van der Waals surface area contributed by atoms with E-state index < -0.39 is 0 Å². The topological polar surface area (TPSA) is 74.9 Å². The summed E-state index contributed by atoms with van der Waals surface area (Å²) >= 11 is 1.37. The number of furan rings is 1. The van der Waals surface area contributed by atoms with Crippen molar-refractivity contribution in [2.75, 3.05) is 49.6 Å². The summed E-state index contributed by atoms with van der Waals surface area (Å²) in [5.41, 5.74) is 2.25. The number of anilines is 2. The number of ether oxygens (including phenoxy) is 1. The lowest BCUT2D eigenvalue weighted by Gasteiger charge is -2.37. The Kier molecular flexibility index (Phi) is 8.00. The number of carbonyl (C=O) groups excluding carboxylic acids is 1. The summed E-state index contributed by atoms with van der Waals surface area (Å²) in [7, 11) is 1.69. The molecule has 9 heteroatoms. The molecule has 3 heterocycles. The van der Waals surface area contributed by atoms with Gasteiger partial charge in [0.2, 0.25) is 11.0 Å². The molecule has 0 aliphatic carbocycles. The number of para-hydroxylation sites is 2. The molecule has 0 atom stereocenters. The molecule has 0 unspecified atom stereocenters. The number of methoxy groups -OCH3 is 1. The summed E-state index contributed by atoms with van der Waals surface area (Å²) in [6, 6.07) is 22.0. The third-order valence-electron chi connectivity index (χ3n) is 6.51. The van der Waals surface area contributed by atoms with Crippen molar-refractivity contribution >= 4 is 28.3 Å². The standard InChI is InChI=1S/C28H31N5O3S/c1-35-25-12-6-5-11-24(25)31-15-17-32(18-16-31)27(34)13-14-33(21-23-10-7-19-36-23)28-29-26(30-37-28)20-22-8-3-2-4-9-22/h2-12,19H,13-18,20-21H2,1H3. The van der Waals surface area contributed by atoms with E-state index in [1.54, 1.807) is 13.4 Å². The van der Waals surface area contributed by atoms with Gasteiger partial charge in [0.25, 0.3) is 0 Å². The summed E-state index contributed by atoms with van der Waals surface area (Å²) in [5, 5.41) is 0.802. The third kappa shape index (κ3) is 6.29. The summed E-state index contributed by atoms with van der Waals surface area (Å²) in [6.45, 7) is 4.03. The second kappa shape index (κ2) is 11.9. The zero-order chi connectivity index (χ0) is 25.5. The van der Waals surface area contributed by atoms with Crippen LogP contribution in [-0.4, -0.2) is 60.0 Å². The highest BCUT2D eigenvalue weighted by Gasteiger charge is 2.24. The minimum Gasteiger partial charge on any atom is -0.495 e. The van der Waals surface area contributed by atoms with Crippen LogP contribution in [0.3, 0.4) is 0 Å². The lowest BCUT2D eigenvalue weighted by molar-refractivity contribution is -0.131. The van der Waals surface area contributed by atoms with Crippen molar-refractivity contribution in [2.45, 2.75) is 19.4 Å². The van der Waals surface area contributed by atoms with Gasteiger partial charge in [-0.05, 0) is 29.8 Å². The first-order valence-electron chi connectivity index (χ1n) is 12.5. The van der Waals surface area contributed by atoms with Crippen LogP contribution in [0.1, 0.15) is 23.6 Å². The number of benzene rings is 2. The average molecular weight is 518 g/mol.